The van der Waals surface area contributed by atoms with Gasteiger partial charge in [0.15, 0.2) is 0 Å². The maximum atomic E-state index is 12.1. The quantitative estimate of drug-likeness (QED) is 0.663. The molecule has 3 aromatic rings. The first-order valence-electron chi connectivity index (χ1n) is 7.46. The highest BCUT2D eigenvalue weighted by Gasteiger charge is 2.65. The first-order valence-corrected chi connectivity index (χ1v) is 9.09. The van der Waals surface area contributed by atoms with E-state index in [1.54, 1.807) is 24.3 Å². The van der Waals surface area contributed by atoms with E-state index in [4.69, 9.17) is 33.7 Å². The van der Waals surface area contributed by atoms with Gasteiger partial charge in [-0.25, -0.2) is 4.98 Å². The standard InChI is InChI=1S/C18H12Cl2N2O2S/c19-12-5-1-10(2-6-12)14-9-25-17(22-14)18(16(21)23)15(24-18)11-3-7-13(20)8-4-11/h1-9,15H,(H2,21,23). The predicted molar refractivity (Wildman–Crippen MR) is 98.7 cm³/mol. The molecule has 2 unspecified atom stereocenters. The summed E-state index contributed by atoms with van der Waals surface area (Å²) in [5.41, 5.74) is 6.93. The summed E-state index contributed by atoms with van der Waals surface area (Å²) in [7, 11) is 0. The molecule has 0 spiro atoms. The van der Waals surface area contributed by atoms with Crippen LogP contribution < -0.4 is 5.73 Å². The maximum absolute atomic E-state index is 12.1. The molecule has 4 nitrogen and oxygen atoms in total. The van der Waals surface area contributed by atoms with Gasteiger partial charge in [0.2, 0.25) is 5.60 Å². The van der Waals surface area contributed by atoms with Crippen LogP contribution in [-0.2, 0) is 15.1 Å². The average molecular weight is 391 g/mol. The van der Waals surface area contributed by atoms with Crippen molar-refractivity contribution in [3.8, 4) is 11.3 Å². The molecule has 1 aromatic heterocycles. The number of hydrogen-bond acceptors (Lipinski definition) is 4. The Morgan fingerprint density at radius 2 is 1.68 bits per heavy atom. The number of rotatable bonds is 4. The van der Waals surface area contributed by atoms with Crippen LogP contribution >= 0.6 is 34.5 Å². The summed E-state index contributed by atoms with van der Waals surface area (Å²) in [5.74, 6) is -0.551. The Morgan fingerprint density at radius 1 is 1.08 bits per heavy atom. The van der Waals surface area contributed by atoms with E-state index in [0.29, 0.717) is 15.1 Å². The minimum Gasteiger partial charge on any atom is -0.367 e. The minimum atomic E-state index is -1.22. The van der Waals surface area contributed by atoms with E-state index in [9.17, 15) is 4.79 Å². The molecule has 2 aromatic carbocycles. The first-order chi connectivity index (χ1) is 12.0. The summed E-state index contributed by atoms with van der Waals surface area (Å²) in [6.07, 6.45) is -0.452. The Morgan fingerprint density at radius 3 is 2.28 bits per heavy atom. The monoisotopic (exact) mass is 390 g/mol. The average Bonchev–Trinajstić information content (AvgIpc) is 3.17. The molecule has 0 aliphatic carbocycles. The van der Waals surface area contributed by atoms with Crippen molar-refractivity contribution < 1.29 is 9.53 Å². The molecule has 1 fully saturated rings. The summed E-state index contributed by atoms with van der Waals surface area (Å²) in [4.78, 5) is 16.7. The zero-order valence-corrected chi connectivity index (χ0v) is 15.1. The van der Waals surface area contributed by atoms with E-state index in [1.807, 2.05) is 29.6 Å². The zero-order chi connectivity index (χ0) is 17.6. The molecule has 1 amide bonds. The van der Waals surface area contributed by atoms with E-state index in [0.717, 1.165) is 16.8 Å². The third kappa shape index (κ3) is 2.83. The highest BCUT2D eigenvalue weighted by Crippen LogP contribution is 2.57. The second-order valence-corrected chi connectivity index (χ2v) is 7.43. The molecule has 0 bridgehead atoms. The largest absolute Gasteiger partial charge is 0.367 e. The van der Waals surface area contributed by atoms with Crippen LogP contribution in [0.5, 0.6) is 0 Å². The molecular weight excluding hydrogens is 379 g/mol. The van der Waals surface area contributed by atoms with Crippen molar-refractivity contribution in [2.45, 2.75) is 11.7 Å². The molecule has 1 saturated heterocycles. The Balaban J connectivity index is 1.68. The summed E-state index contributed by atoms with van der Waals surface area (Å²) in [6, 6.07) is 14.5. The van der Waals surface area contributed by atoms with Gasteiger partial charge in [-0.2, -0.15) is 0 Å². The molecule has 4 rings (SSSR count). The highest BCUT2D eigenvalue weighted by molar-refractivity contribution is 7.10. The number of primary amides is 1. The molecule has 2 atom stereocenters. The number of nitrogens with zero attached hydrogens (tertiary/aromatic N) is 1. The molecule has 2 N–H and O–H groups in total. The number of halogens is 2. The lowest BCUT2D eigenvalue weighted by Crippen LogP contribution is -2.30. The number of nitrogens with two attached hydrogens (primary N) is 1. The lowest BCUT2D eigenvalue weighted by Gasteiger charge is -2.05. The van der Waals surface area contributed by atoms with E-state index < -0.39 is 17.6 Å². The van der Waals surface area contributed by atoms with Crippen LogP contribution in [0.4, 0.5) is 0 Å². The van der Waals surface area contributed by atoms with E-state index in [2.05, 4.69) is 4.98 Å². The van der Waals surface area contributed by atoms with Gasteiger partial charge in [-0.15, -0.1) is 11.3 Å². The van der Waals surface area contributed by atoms with Gasteiger partial charge in [0.05, 0.1) is 5.69 Å². The van der Waals surface area contributed by atoms with Crippen LogP contribution in [0, 0.1) is 0 Å². The number of amides is 1. The number of thiazole rings is 1. The second kappa shape index (κ2) is 6.11. The lowest BCUT2D eigenvalue weighted by atomic mass is 9.99. The van der Waals surface area contributed by atoms with Gasteiger partial charge in [0.25, 0.3) is 5.91 Å². The summed E-state index contributed by atoms with van der Waals surface area (Å²) in [5, 5.41) is 3.70. The topological polar surface area (TPSA) is 68.5 Å². The van der Waals surface area contributed by atoms with E-state index in [1.165, 1.54) is 11.3 Å². The SMILES string of the molecule is NC(=O)C1(c2nc(-c3ccc(Cl)cc3)cs2)OC1c1ccc(Cl)cc1. The summed E-state index contributed by atoms with van der Waals surface area (Å²) >= 11 is 13.2. The molecule has 0 radical (unpaired) electrons. The van der Waals surface area contributed by atoms with Gasteiger partial charge >= 0.3 is 0 Å². The van der Waals surface area contributed by atoms with Crippen molar-refractivity contribution in [2.24, 2.45) is 5.73 Å². The Kier molecular flexibility index (Phi) is 4.04. The first kappa shape index (κ1) is 16.5. The number of epoxide rings is 1. The third-order valence-corrected chi connectivity index (χ3v) is 5.58. The Labute approximate surface area is 158 Å². The van der Waals surface area contributed by atoms with Crippen molar-refractivity contribution >= 4 is 40.4 Å². The molecule has 7 heteroatoms. The number of benzene rings is 2. The van der Waals surface area contributed by atoms with E-state index >= 15 is 0 Å². The highest BCUT2D eigenvalue weighted by atomic mass is 35.5. The smallest absolute Gasteiger partial charge is 0.260 e. The Bertz CT molecular complexity index is 940. The van der Waals surface area contributed by atoms with Gasteiger partial charge in [-0.3, -0.25) is 4.79 Å². The number of carbonyl (C=O) groups excluding carboxylic acids is 1. The van der Waals surface area contributed by atoms with Crippen LogP contribution in [0.3, 0.4) is 0 Å². The third-order valence-electron chi connectivity index (χ3n) is 4.12. The van der Waals surface area contributed by atoms with Crippen molar-refractivity contribution in [3.63, 3.8) is 0 Å². The number of carbonyl (C=O) groups is 1. The molecule has 1 aliphatic heterocycles. The molecule has 126 valence electrons. The van der Waals surface area contributed by atoms with Gasteiger partial charge in [0, 0.05) is 21.0 Å². The minimum absolute atomic E-state index is 0.452. The van der Waals surface area contributed by atoms with E-state index in [-0.39, 0.29) is 0 Å². The summed E-state index contributed by atoms with van der Waals surface area (Å²) < 4.78 is 5.76. The van der Waals surface area contributed by atoms with Crippen LogP contribution in [0.15, 0.2) is 53.9 Å². The van der Waals surface area contributed by atoms with Crippen molar-refractivity contribution in [2.75, 3.05) is 0 Å². The zero-order valence-electron chi connectivity index (χ0n) is 12.8. The van der Waals surface area contributed by atoms with Crippen LogP contribution in [0.25, 0.3) is 11.3 Å². The molecule has 1 aliphatic rings. The van der Waals surface area contributed by atoms with Crippen LogP contribution in [0.1, 0.15) is 16.7 Å². The fourth-order valence-corrected chi connectivity index (χ4v) is 3.99. The van der Waals surface area contributed by atoms with Crippen LogP contribution in [0.2, 0.25) is 10.0 Å². The number of aromatic nitrogens is 1. The van der Waals surface area contributed by atoms with Crippen molar-refractivity contribution in [1.29, 1.82) is 0 Å². The normalized spacial score (nSPS) is 21.9. The predicted octanol–water partition coefficient (Wildman–Crippen LogP) is 4.57. The van der Waals surface area contributed by atoms with Crippen molar-refractivity contribution in [1.82, 2.24) is 4.98 Å². The fraction of sp³-hybridized carbons (Fsp3) is 0.111. The van der Waals surface area contributed by atoms with Crippen molar-refractivity contribution in [3.05, 3.63) is 74.5 Å². The number of hydrogen-bond donors (Lipinski definition) is 1. The molecular formula is C18H12Cl2N2O2S. The second-order valence-electron chi connectivity index (χ2n) is 5.69. The summed E-state index contributed by atoms with van der Waals surface area (Å²) in [6.45, 7) is 0. The molecule has 25 heavy (non-hydrogen) atoms. The molecule has 2 heterocycles. The maximum Gasteiger partial charge on any atom is 0.260 e. The molecule has 0 saturated carbocycles. The Hall–Kier alpha value is -1.92. The number of ether oxygens (including phenoxy) is 1. The van der Waals surface area contributed by atoms with Gasteiger partial charge in [-0.1, -0.05) is 47.5 Å². The van der Waals surface area contributed by atoms with Crippen LogP contribution in [-0.4, -0.2) is 10.9 Å². The lowest BCUT2D eigenvalue weighted by molar-refractivity contribution is -0.123. The van der Waals surface area contributed by atoms with Gasteiger partial charge in [-0.05, 0) is 29.8 Å². The fourth-order valence-electron chi connectivity index (χ4n) is 2.74. The van der Waals surface area contributed by atoms with Gasteiger partial charge < -0.3 is 10.5 Å². The van der Waals surface area contributed by atoms with Gasteiger partial charge in [0.1, 0.15) is 11.1 Å².